The molecule has 3 N–H and O–H groups in total. The van der Waals surface area contributed by atoms with Crippen LogP contribution in [0.1, 0.15) is 26.7 Å². The molecule has 1 amide bonds. The average Bonchev–Trinajstić information content (AvgIpc) is 2.56. The van der Waals surface area contributed by atoms with Gasteiger partial charge in [-0.15, -0.1) is 0 Å². The Labute approximate surface area is 146 Å². The molecular weight excluding hydrogens is 352 g/mol. The van der Waals surface area contributed by atoms with Gasteiger partial charge in [0.05, 0.1) is 16.3 Å². The zero-order chi connectivity index (χ0) is 18.6. The third kappa shape index (κ3) is 4.66. The van der Waals surface area contributed by atoms with Crippen LogP contribution in [0.5, 0.6) is 0 Å². The lowest BCUT2D eigenvalue weighted by atomic mass is 9.92. The molecule has 0 saturated carbocycles. The monoisotopic (exact) mass is 375 g/mol. The van der Waals surface area contributed by atoms with Crippen LogP contribution in [0.3, 0.4) is 0 Å². The Hall–Kier alpha value is -1.74. The minimum Gasteiger partial charge on any atom is -0.384 e. The SMILES string of the molecule is CCNc1ccc(S(=O)(=O)C(F)F)cc1NC(=O)[C@H]1CCN[C@@H](C)C1. The maximum atomic E-state index is 12.8. The van der Waals surface area contributed by atoms with Crippen molar-refractivity contribution in [3.63, 3.8) is 0 Å². The van der Waals surface area contributed by atoms with Crippen molar-refractivity contribution in [2.24, 2.45) is 5.92 Å². The molecule has 1 heterocycles. The summed E-state index contributed by atoms with van der Waals surface area (Å²) in [6, 6.07) is 3.80. The van der Waals surface area contributed by atoms with Crippen LogP contribution >= 0.6 is 0 Å². The second-order valence-corrected chi connectivity index (χ2v) is 8.03. The highest BCUT2D eigenvalue weighted by Crippen LogP contribution is 2.29. The molecule has 0 radical (unpaired) electrons. The zero-order valence-corrected chi connectivity index (χ0v) is 15.0. The molecule has 1 saturated heterocycles. The predicted octanol–water partition coefficient (Wildman–Crippen LogP) is 2.44. The molecule has 0 aromatic heterocycles. The summed E-state index contributed by atoms with van der Waals surface area (Å²) in [5, 5.41) is 8.94. The standard InChI is InChI=1S/C16H23F2N3O3S/c1-3-19-13-5-4-12(25(23,24)16(17)18)9-14(13)21-15(22)11-6-7-20-10(2)8-11/h4-5,9-11,16,19-20H,3,6-8H2,1-2H3,(H,21,22)/t10-,11-/m0/s1. The molecule has 0 bridgehead atoms. The number of carbonyl (C=O) groups is 1. The number of alkyl halides is 2. The first-order valence-electron chi connectivity index (χ1n) is 8.20. The molecule has 25 heavy (non-hydrogen) atoms. The second-order valence-electron chi connectivity index (χ2n) is 6.11. The van der Waals surface area contributed by atoms with Gasteiger partial charge in [0.1, 0.15) is 0 Å². The lowest BCUT2D eigenvalue weighted by Crippen LogP contribution is -2.40. The minimum absolute atomic E-state index is 0.194. The molecule has 1 aromatic carbocycles. The molecule has 1 aliphatic rings. The number of halogens is 2. The Morgan fingerprint density at radius 1 is 1.36 bits per heavy atom. The third-order valence-electron chi connectivity index (χ3n) is 4.17. The van der Waals surface area contributed by atoms with E-state index in [0.717, 1.165) is 18.7 Å². The molecular formula is C16H23F2N3O3S. The van der Waals surface area contributed by atoms with Crippen LogP contribution < -0.4 is 16.0 Å². The molecule has 1 fully saturated rings. The van der Waals surface area contributed by atoms with Gasteiger partial charge in [-0.1, -0.05) is 0 Å². The normalized spacial score (nSPS) is 21.2. The van der Waals surface area contributed by atoms with E-state index in [9.17, 15) is 22.0 Å². The Bertz CT molecular complexity index is 725. The number of benzene rings is 1. The highest BCUT2D eigenvalue weighted by atomic mass is 32.2. The lowest BCUT2D eigenvalue weighted by molar-refractivity contribution is -0.120. The van der Waals surface area contributed by atoms with E-state index in [-0.39, 0.29) is 23.6 Å². The van der Waals surface area contributed by atoms with Crippen LogP contribution in [0.25, 0.3) is 0 Å². The summed E-state index contributed by atoms with van der Waals surface area (Å²) >= 11 is 0. The van der Waals surface area contributed by atoms with E-state index < -0.39 is 20.5 Å². The van der Waals surface area contributed by atoms with Crippen LogP contribution in [0.2, 0.25) is 0 Å². The van der Waals surface area contributed by atoms with Gasteiger partial charge in [0.25, 0.3) is 0 Å². The number of anilines is 2. The predicted molar refractivity (Wildman–Crippen MR) is 92.6 cm³/mol. The van der Waals surface area contributed by atoms with Gasteiger partial charge >= 0.3 is 5.76 Å². The molecule has 9 heteroatoms. The van der Waals surface area contributed by atoms with Crippen molar-refractivity contribution in [1.82, 2.24) is 5.32 Å². The Morgan fingerprint density at radius 2 is 2.08 bits per heavy atom. The Kier molecular flexibility index (Phi) is 6.34. The van der Waals surface area contributed by atoms with Crippen molar-refractivity contribution < 1.29 is 22.0 Å². The number of nitrogens with one attached hydrogen (secondary N) is 3. The van der Waals surface area contributed by atoms with Gasteiger partial charge in [-0.3, -0.25) is 4.79 Å². The third-order valence-corrected chi connectivity index (χ3v) is 5.55. The zero-order valence-electron chi connectivity index (χ0n) is 14.2. The van der Waals surface area contributed by atoms with E-state index >= 15 is 0 Å². The molecule has 0 spiro atoms. The maximum Gasteiger partial charge on any atom is 0.341 e. The number of piperidine rings is 1. The largest absolute Gasteiger partial charge is 0.384 e. The first kappa shape index (κ1) is 19.6. The van der Waals surface area contributed by atoms with Crippen LogP contribution in [0, 0.1) is 5.92 Å². The van der Waals surface area contributed by atoms with E-state index in [1.165, 1.54) is 6.07 Å². The van der Waals surface area contributed by atoms with Gasteiger partial charge in [-0.2, -0.15) is 8.78 Å². The molecule has 2 rings (SSSR count). The van der Waals surface area contributed by atoms with Gasteiger partial charge < -0.3 is 16.0 Å². The number of sulfone groups is 1. The van der Waals surface area contributed by atoms with E-state index in [2.05, 4.69) is 16.0 Å². The highest BCUT2D eigenvalue weighted by molar-refractivity contribution is 7.91. The first-order valence-corrected chi connectivity index (χ1v) is 9.74. The summed E-state index contributed by atoms with van der Waals surface area (Å²) in [7, 11) is -4.72. The van der Waals surface area contributed by atoms with Crippen molar-refractivity contribution in [3.8, 4) is 0 Å². The Balaban J connectivity index is 2.28. The fourth-order valence-corrected chi connectivity index (χ4v) is 3.60. The van der Waals surface area contributed by atoms with Gasteiger partial charge in [0.15, 0.2) is 0 Å². The maximum absolute atomic E-state index is 12.8. The molecule has 6 nitrogen and oxygen atoms in total. The summed E-state index contributed by atoms with van der Waals surface area (Å²) in [5.41, 5.74) is 0.686. The molecule has 0 unspecified atom stereocenters. The summed E-state index contributed by atoms with van der Waals surface area (Å²) in [5.74, 6) is -3.95. The molecule has 1 aliphatic heterocycles. The van der Waals surface area contributed by atoms with Gasteiger partial charge in [0.2, 0.25) is 15.7 Å². The van der Waals surface area contributed by atoms with Gasteiger partial charge in [-0.05, 0) is 51.4 Å². The van der Waals surface area contributed by atoms with Crippen LogP contribution in [0.15, 0.2) is 23.1 Å². The molecule has 1 aromatic rings. The van der Waals surface area contributed by atoms with E-state index in [0.29, 0.717) is 25.1 Å². The molecule has 2 atom stereocenters. The van der Waals surface area contributed by atoms with Gasteiger partial charge in [0, 0.05) is 18.5 Å². The number of hydrogen-bond acceptors (Lipinski definition) is 5. The lowest BCUT2D eigenvalue weighted by Gasteiger charge is -2.27. The van der Waals surface area contributed by atoms with E-state index in [4.69, 9.17) is 0 Å². The quantitative estimate of drug-likeness (QED) is 0.711. The van der Waals surface area contributed by atoms with Crippen molar-refractivity contribution >= 4 is 27.1 Å². The average molecular weight is 375 g/mol. The topological polar surface area (TPSA) is 87.3 Å². The second kappa shape index (κ2) is 8.09. The molecule has 0 aliphatic carbocycles. The van der Waals surface area contributed by atoms with Crippen LogP contribution in [0.4, 0.5) is 20.2 Å². The minimum atomic E-state index is -4.72. The summed E-state index contributed by atoms with van der Waals surface area (Å²) in [6.45, 7) is 5.08. The number of hydrogen-bond donors (Lipinski definition) is 3. The fourth-order valence-electron chi connectivity index (χ4n) is 2.86. The van der Waals surface area contributed by atoms with Crippen molar-refractivity contribution in [1.29, 1.82) is 0 Å². The Morgan fingerprint density at radius 3 is 2.68 bits per heavy atom. The summed E-state index contributed by atoms with van der Waals surface area (Å²) in [4.78, 5) is 12.0. The van der Waals surface area contributed by atoms with Gasteiger partial charge in [-0.25, -0.2) is 8.42 Å². The number of amides is 1. The van der Waals surface area contributed by atoms with Crippen LogP contribution in [-0.4, -0.2) is 39.2 Å². The van der Waals surface area contributed by atoms with Crippen LogP contribution in [-0.2, 0) is 14.6 Å². The highest BCUT2D eigenvalue weighted by Gasteiger charge is 2.29. The first-order chi connectivity index (χ1) is 11.8. The van der Waals surface area contributed by atoms with Crippen molar-refractivity contribution in [2.45, 2.75) is 43.4 Å². The molecule has 140 valence electrons. The summed E-state index contributed by atoms with van der Waals surface area (Å²) < 4.78 is 48.9. The van der Waals surface area contributed by atoms with E-state index in [1.54, 1.807) is 0 Å². The van der Waals surface area contributed by atoms with Crippen molar-refractivity contribution in [3.05, 3.63) is 18.2 Å². The summed E-state index contributed by atoms with van der Waals surface area (Å²) in [6.07, 6.45) is 1.33. The smallest absolute Gasteiger partial charge is 0.341 e. The number of carbonyl (C=O) groups excluding carboxylic acids is 1. The van der Waals surface area contributed by atoms with E-state index in [1.807, 2.05) is 13.8 Å². The number of rotatable bonds is 6. The fraction of sp³-hybridized carbons (Fsp3) is 0.562. The van der Waals surface area contributed by atoms with Crippen molar-refractivity contribution in [2.75, 3.05) is 23.7 Å².